The summed E-state index contributed by atoms with van der Waals surface area (Å²) in [5, 5.41) is 0.145. The van der Waals surface area contributed by atoms with Gasteiger partial charge >= 0.3 is 0 Å². The van der Waals surface area contributed by atoms with Crippen molar-refractivity contribution in [1.29, 1.82) is 0 Å². The highest BCUT2D eigenvalue weighted by atomic mass is 35.5. The molecule has 21 heavy (non-hydrogen) atoms. The van der Waals surface area contributed by atoms with Crippen LogP contribution in [0.5, 0.6) is 0 Å². The molecule has 0 radical (unpaired) electrons. The molecule has 0 spiro atoms. The maximum Gasteiger partial charge on any atom is 0.246 e. The van der Waals surface area contributed by atoms with E-state index in [-0.39, 0.29) is 38.7 Å². The van der Waals surface area contributed by atoms with Crippen molar-refractivity contribution >= 4 is 48.7 Å². The minimum Gasteiger partial charge on any atom is -0.398 e. The van der Waals surface area contributed by atoms with Crippen LogP contribution in [-0.4, -0.2) is 45.2 Å². The van der Waals surface area contributed by atoms with Gasteiger partial charge in [-0.15, -0.1) is 0 Å². The first kappa shape index (κ1) is 16.8. The van der Waals surface area contributed by atoms with Gasteiger partial charge in [-0.3, -0.25) is 0 Å². The molecule has 1 aliphatic rings. The number of halogens is 2. The summed E-state index contributed by atoms with van der Waals surface area (Å²) in [7, 11) is -7.21. The van der Waals surface area contributed by atoms with E-state index in [1.165, 1.54) is 19.1 Å². The quantitative estimate of drug-likeness (QED) is 0.790. The number of sulfone groups is 1. The molecule has 1 unspecified atom stereocenters. The SMILES string of the molecule is CC1CS(=O)(=O)CCN1S(=O)(=O)c1c(N)cc(Cl)cc1Cl. The lowest BCUT2D eigenvalue weighted by molar-refractivity contribution is 0.357. The van der Waals surface area contributed by atoms with Crippen LogP contribution in [0.2, 0.25) is 10.0 Å². The Morgan fingerprint density at radius 1 is 1.33 bits per heavy atom. The topological polar surface area (TPSA) is 97.5 Å². The molecule has 0 saturated carbocycles. The molecule has 0 bridgehead atoms. The molecule has 1 saturated heterocycles. The Bertz CT molecular complexity index is 754. The van der Waals surface area contributed by atoms with Crippen LogP contribution in [0.3, 0.4) is 0 Å². The van der Waals surface area contributed by atoms with E-state index >= 15 is 0 Å². The van der Waals surface area contributed by atoms with Crippen molar-refractivity contribution in [1.82, 2.24) is 4.31 Å². The van der Waals surface area contributed by atoms with Crippen molar-refractivity contribution in [2.45, 2.75) is 17.9 Å². The first-order chi connectivity index (χ1) is 9.54. The highest BCUT2D eigenvalue weighted by Crippen LogP contribution is 2.34. The van der Waals surface area contributed by atoms with Gasteiger partial charge in [0.25, 0.3) is 0 Å². The van der Waals surface area contributed by atoms with Crippen molar-refractivity contribution in [3.05, 3.63) is 22.2 Å². The predicted molar refractivity (Wildman–Crippen MR) is 82.9 cm³/mol. The van der Waals surface area contributed by atoms with E-state index in [9.17, 15) is 16.8 Å². The molecule has 0 aliphatic carbocycles. The van der Waals surface area contributed by atoms with Crippen molar-refractivity contribution in [3.63, 3.8) is 0 Å². The molecule has 1 fully saturated rings. The maximum absolute atomic E-state index is 12.7. The number of nitrogens with two attached hydrogens (primary N) is 1. The summed E-state index contributed by atoms with van der Waals surface area (Å²) in [6, 6.07) is 1.91. The average Bonchev–Trinajstić information content (AvgIpc) is 2.24. The molecule has 6 nitrogen and oxygen atoms in total. The second-order valence-corrected chi connectivity index (χ2v) is 9.78. The highest BCUT2D eigenvalue weighted by Gasteiger charge is 2.38. The number of benzene rings is 1. The molecule has 1 aliphatic heterocycles. The second kappa shape index (κ2) is 5.58. The third kappa shape index (κ3) is 3.29. The minimum absolute atomic E-state index is 0.0619. The van der Waals surface area contributed by atoms with Gasteiger partial charge in [0, 0.05) is 17.6 Å². The third-order valence-electron chi connectivity index (χ3n) is 3.21. The van der Waals surface area contributed by atoms with Gasteiger partial charge in [0.2, 0.25) is 10.0 Å². The Kier molecular flexibility index (Phi) is 4.47. The van der Waals surface area contributed by atoms with Crippen LogP contribution in [0.4, 0.5) is 5.69 Å². The summed E-state index contributed by atoms with van der Waals surface area (Å²) < 4.78 is 49.6. The Morgan fingerprint density at radius 3 is 2.48 bits per heavy atom. The zero-order valence-electron chi connectivity index (χ0n) is 11.1. The van der Waals surface area contributed by atoms with Crippen LogP contribution >= 0.6 is 23.2 Å². The molecule has 0 aromatic heterocycles. The van der Waals surface area contributed by atoms with Crippen molar-refractivity contribution in [2.75, 3.05) is 23.8 Å². The number of hydrogen-bond acceptors (Lipinski definition) is 5. The Hall–Kier alpha value is -0.540. The molecule has 118 valence electrons. The molecule has 2 N–H and O–H groups in total. The first-order valence-electron chi connectivity index (χ1n) is 6.01. The first-order valence-corrected chi connectivity index (χ1v) is 10.0. The largest absolute Gasteiger partial charge is 0.398 e. The van der Waals surface area contributed by atoms with E-state index in [2.05, 4.69) is 0 Å². The zero-order valence-corrected chi connectivity index (χ0v) is 14.2. The van der Waals surface area contributed by atoms with Crippen LogP contribution < -0.4 is 5.73 Å². The molecular weight excluding hydrogens is 359 g/mol. The number of nitrogen functional groups attached to an aromatic ring is 1. The average molecular weight is 373 g/mol. The van der Waals surface area contributed by atoms with Gasteiger partial charge in [-0.05, 0) is 19.1 Å². The molecule has 1 atom stereocenters. The smallest absolute Gasteiger partial charge is 0.246 e. The lowest BCUT2D eigenvalue weighted by Crippen LogP contribution is -2.49. The molecule has 1 aromatic carbocycles. The molecule has 1 heterocycles. The van der Waals surface area contributed by atoms with E-state index in [0.29, 0.717) is 0 Å². The molecule has 1 aromatic rings. The van der Waals surface area contributed by atoms with Crippen LogP contribution in [0.25, 0.3) is 0 Å². The lowest BCUT2D eigenvalue weighted by atomic mass is 10.3. The van der Waals surface area contributed by atoms with Gasteiger partial charge in [-0.25, -0.2) is 16.8 Å². The predicted octanol–water partition coefficient (Wildman–Crippen LogP) is 1.38. The summed E-state index contributed by atoms with van der Waals surface area (Å²) in [5.41, 5.74) is 5.66. The summed E-state index contributed by atoms with van der Waals surface area (Å²) >= 11 is 11.7. The number of nitrogens with zero attached hydrogens (tertiary/aromatic N) is 1. The minimum atomic E-state index is -3.99. The monoisotopic (exact) mass is 372 g/mol. The van der Waals surface area contributed by atoms with Gasteiger partial charge in [0.15, 0.2) is 9.84 Å². The van der Waals surface area contributed by atoms with Gasteiger partial charge in [0.05, 0.1) is 22.2 Å². The highest BCUT2D eigenvalue weighted by molar-refractivity contribution is 7.92. The van der Waals surface area contributed by atoms with Crippen LogP contribution in [0.15, 0.2) is 17.0 Å². The van der Waals surface area contributed by atoms with E-state index in [0.717, 1.165) is 4.31 Å². The molecule has 2 rings (SSSR count). The van der Waals surface area contributed by atoms with Gasteiger partial charge in [0.1, 0.15) is 4.90 Å². The van der Waals surface area contributed by atoms with Gasteiger partial charge in [-0.1, -0.05) is 23.2 Å². The molecule has 10 heteroatoms. The number of hydrogen-bond donors (Lipinski definition) is 1. The van der Waals surface area contributed by atoms with Crippen molar-refractivity contribution < 1.29 is 16.8 Å². The van der Waals surface area contributed by atoms with Crippen LogP contribution in [-0.2, 0) is 19.9 Å². The van der Waals surface area contributed by atoms with Crippen molar-refractivity contribution in [3.8, 4) is 0 Å². The Morgan fingerprint density at radius 2 is 1.95 bits per heavy atom. The number of rotatable bonds is 2. The van der Waals surface area contributed by atoms with E-state index in [4.69, 9.17) is 28.9 Å². The fraction of sp³-hybridized carbons (Fsp3) is 0.455. The van der Waals surface area contributed by atoms with Crippen molar-refractivity contribution in [2.24, 2.45) is 0 Å². The summed E-state index contributed by atoms with van der Waals surface area (Å²) in [6.07, 6.45) is 0. The number of sulfonamides is 1. The molecule has 0 amide bonds. The van der Waals surface area contributed by atoms with Crippen LogP contribution in [0, 0.1) is 0 Å². The van der Waals surface area contributed by atoms with Gasteiger partial charge < -0.3 is 5.73 Å². The normalized spacial score (nSPS) is 23.1. The summed E-state index contributed by atoms with van der Waals surface area (Å²) in [4.78, 5) is -0.236. The zero-order chi connectivity index (χ0) is 16.0. The summed E-state index contributed by atoms with van der Waals surface area (Å²) in [5.74, 6) is -0.445. The Balaban J connectivity index is 2.49. The van der Waals surface area contributed by atoms with E-state index < -0.39 is 25.9 Å². The lowest BCUT2D eigenvalue weighted by Gasteiger charge is -2.32. The second-order valence-electron chi connectivity index (χ2n) is 4.89. The molecular formula is C11H14Cl2N2O4S2. The standard InChI is InChI=1S/C11H14Cl2N2O4S2/c1-7-6-20(16,17)3-2-15(7)21(18,19)11-9(13)4-8(12)5-10(11)14/h4-5,7H,2-3,6,14H2,1H3. The van der Waals surface area contributed by atoms with Crippen LogP contribution in [0.1, 0.15) is 6.92 Å². The van der Waals surface area contributed by atoms with E-state index in [1.54, 1.807) is 0 Å². The van der Waals surface area contributed by atoms with Gasteiger partial charge in [-0.2, -0.15) is 4.31 Å². The summed E-state index contributed by atoms with van der Waals surface area (Å²) in [6.45, 7) is 1.42. The number of anilines is 1. The third-order valence-corrected chi connectivity index (χ3v) is 7.77. The Labute approximate surface area is 133 Å². The van der Waals surface area contributed by atoms with E-state index in [1.807, 2.05) is 0 Å². The fourth-order valence-electron chi connectivity index (χ4n) is 2.31. The fourth-order valence-corrected chi connectivity index (χ4v) is 6.65. The maximum atomic E-state index is 12.7.